The summed E-state index contributed by atoms with van der Waals surface area (Å²) in [5.41, 5.74) is 2.25. The van der Waals surface area contributed by atoms with E-state index >= 15 is 0 Å². The molecule has 2 N–H and O–H groups in total. The number of anilines is 1. The first-order valence-electron chi connectivity index (χ1n) is 5.57. The Labute approximate surface area is 102 Å². The number of para-hydroxylation sites is 1. The molecule has 17 heavy (non-hydrogen) atoms. The van der Waals surface area contributed by atoms with Gasteiger partial charge in [0, 0.05) is 6.04 Å². The van der Waals surface area contributed by atoms with Gasteiger partial charge in [0.2, 0.25) is 5.91 Å². The number of benzene rings is 1. The number of nitrogens with zero attached hydrogens (tertiary/aromatic N) is 1. The highest BCUT2D eigenvalue weighted by molar-refractivity contribution is 5.81. The fourth-order valence-corrected chi connectivity index (χ4v) is 1.54. The molecule has 0 aliphatic carbocycles. The Morgan fingerprint density at radius 3 is 2.76 bits per heavy atom. The Hall–Kier alpha value is -2.02. The number of nitrogens with one attached hydrogen (secondary N) is 2. The molecule has 1 aromatic carbocycles. The highest BCUT2D eigenvalue weighted by Gasteiger charge is 2.07. The van der Waals surface area contributed by atoms with Crippen LogP contribution in [0.5, 0.6) is 0 Å². The average Bonchev–Trinajstić information content (AvgIpc) is 2.26. The van der Waals surface area contributed by atoms with Gasteiger partial charge in [0.15, 0.2) is 0 Å². The summed E-state index contributed by atoms with van der Waals surface area (Å²) < 4.78 is 0. The van der Waals surface area contributed by atoms with Crippen LogP contribution in [-0.2, 0) is 4.79 Å². The maximum atomic E-state index is 11.5. The van der Waals surface area contributed by atoms with Gasteiger partial charge in [-0.1, -0.05) is 12.1 Å². The summed E-state index contributed by atoms with van der Waals surface area (Å²) in [5, 5.41) is 14.8. The van der Waals surface area contributed by atoms with Gasteiger partial charge in [0.05, 0.1) is 17.8 Å². The second kappa shape index (κ2) is 5.90. The second-order valence-corrected chi connectivity index (χ2v) is 4.19. The van der Waals surface area contributed by atoms with Crippen molar-refractivity contribution in [2.75, 3.05) is 11.9 Å². The van der Waals surface area contributed by atoms with Gasteiger partial charge in [0.1, 0.15) is 6.07 Å². The Balaban J connectivity index is 2.70. The van der Waals surface area contributed by atoms with E-state index in [1.165, 1.54) is 0 Å². The van der Waals surface area contributed by atoms with Crippen LogP contribution in [0.4, 0.5) is 5.69 Å². The maximum Gasteiger partial charge on any atom is 0.239 e. The minimum Gasteiger partial charge on any atom is -0.375 e. The van der Waals surface area contributed by atoms with E-state index < -0.39 is 0 Å². The van der Waals surface area contributed by atoms with Crippen LogP contribution >= 0.6 is 0 Å². The van der Waals surface area contributed by atoms with E-state index in [-0.39, 0.29) is 18.5 Å². The number of aryl methyl sites for hydroxylation is 1. The normalized spacial score (nSPS) is 9.82. The zero-order valence-corrected chi connectivity index (χ0v) is 10.4. The Bertz CT molecular complexity index is 446. The average molecular weight is 231 g/mol. The van der Waals surface area contributed by atoms with Crippen LogP contribution in [-0.4, -0.2) is 18.5 Å². The van der Waals surface area contributed by atoms with Gasteiger partial charge >= 0.3 is 0 Å². The molecular weight excluding hydrogens is 214 g/mol. The quantitative estimate of drug-likeness (QED) is 0.830. The number of nitriles is 1. The molecule has 0 unspecified atom stereocenters. The predicted molar refractivity (Wildman–Crippen MR) is 67.7 cm³/mol. The van der Waals surface area contributed by atoms with Crippen LogP contribution in [0.3, 0.4) is 0 Å². The Morgan fingerprint density at radius 2 is 2.18 bits per heavy atom. The van der Waals surface area contributed by atoms with E-state index in [2.05, 4.69) is 16.7 Å². The lowest BCUT2D eigenvalue weighted by atomic mass is 10.1. The van der Waals surface area contributed by atoms with E-state index in [0.29, 0.717) is 5.56 Å². The number of carbonyl (C=O) groups excluding carboxylic acids is 1. The zero-order chi connectivity index (χ0) is 12.8. The van der Waals surface area contributed by atoms with E-state index in [0.717, 1.165) is 11.3 Å². The molecule has 90 valence electrons. The minimum atomic E-state index is -0.0767. The highest BCUT2D eigenvalue weighted by Crippen LogP contribution is 2.18. The monoisotopic (exact) mass is 231 g/mol. The number of amides is 1. The number of hydrogen-bond donors (Lipinski definition) is 2. The van der Waals surface area contributed by atoms with Crippen molar-refractivity contribution in [3.05, 3.63) is 29.3 Å². The molecule has 1 amide bonds. The van der Waals surface area contributed by atoms with E-state index in [9.17, 15) is 4.79 Å². The van der Waals surface area contributed by atoms with Crippen LogP contribution in [0.25, 0.3) is 0 Å². The van der Waals surface area contributed by atoms with Crippen molar-refractivity contribution in [3.63, 3.8) is 0 Å². The molecule has 0 aliphatic heterocycles. The van der Waals surface area contributed by atoms with E-state index in [4.69, 9.17) is 5.26 Å². The van der Waals surface area contributed by atoms with Crippen molar-refractivity contribution in [1.82, 2.24) is 5.32 Å². The lowest BCUT2D eigenvalue weighted by Crippen LogP contribution is -2.35. The predicted octanol–water partition coefficient (Wildman–Crippen LogP) is 1.80. The standard InChI is InChI=1S/C13H17N3O/c1-9(2)16-12(17)8-15-13-10(3)5-4-6-11(13)7-14/h4-6,9,15H,8H2,1-3H3,(H,16,17). The van der Waals surface area contributed by atoms with Crippen LogP contribution in [0.2, 0.25) is 0 Å². The highest BCUT2D eigenvalue weighted by atomic mass is 16.1. The summed E-state index contributed by atoms with van der Waals surface area (Å²) in [6, 6.07) is 7.69. The molecule has 0 spiro atoms. The topological polar surface area (TPSA) is 64.9 Å². The third kappa shape index (κ3) is 3.80. The molecule has 0 aromatic heterocycles. The molecule has 1 aromatic rings. The molecule has 0 atom stereocenters. The van der Waals surface area contributed by atoms with Crippen LogP contribution in [0.1, 0.15) is 25.0 Å². The zero-order valence-electron chi connectivity index (χ0n) is 10.4. The minimum absolute atomic E-state index is 0.0767. The van der Waals surface area contributed by atoms with Gasteiger partial charge in [-0.3, -0.25) is 4.79 Å². The fraction of sp³-hybridized carbons (Fsp3) is 0.385. The first-order valence-corrected chi connectivity index (χ1v) is 5.57. The lowest BCUT2D eigenvalue weighted by Gasteiger charge is -2.12. The van der Waals surface area contributed by atoms with Crippen LogP contribution in [0, 0.1) is 18.3 Å². The van der Waals surface area contributed by atoms with Gasteiger partial charge in [-0.25, -0.2) is 0 Å². The summed E-state index contributed by atoms with van der Waals surface area (Å²) in [6.45, 7) is 5.90. The first-order chi connectivity index (χ1) is 8.04. The van der Waals surface area contributed by atoms with Crippen molar-refractivity contribution in [2.45, 2.75) is 26.8 Å². The van der Waals surface area contributed by atoms with Gasteiger partial charge in [-0.15, -0.1) is 0 Å². The third-order valence-corrected chi connectivity index (χ3v) is 2.27. The molecule has 1 rings (SSSR count). The SMILES string of the molecule is Cc1cccc(C#N)c1NCC(=O)NC(C)C. The van der Waals surface area contributed by atoms with Crippen molar-refractivity contribution >= 4 is 11.6 Å². The third-order valence-electron chi connectivity index (χ3n) is 2.27. The Kier molecular flexibility index (Phi) is 4.53. The summed E-state index contributed by atoms with van der Waals surface area (Å²) in [6.07, 6.45) is 0. The van der Waals surface area contributed by atoms with Crippen molar-refractivity contribution < 1.29 is 4.79 Å². The van der Waals surface area contributed by atoms with Gasteiger partial charge < -0.3 is 10.6 Å². The molecule has 0 saturated carbocycles. The number of carbonyl (C=O) groups is 1. The molecule has 4 nitrogen and oxygen atoms in total. The lowest BCUT2D eigenvalue weighted by molar-refractivity contribution is -0.119. The van der Waals surface area contributed by atoms with Crippen molar-refractivity contribution in [2.24, 2.45) is 0 Å². The summed E-state index contributed by atoms with van der Waals surface area (Å²) in [7, 11) is 0. The van der Waals surface area contributed by atoms with Crippen molar-refractivity contribution in [3.8, 4) is 6.07 Å². The number of rotatable bonds is 4. The molecule has 0 bridgehead atoms. The van der Waals surface area contributed by atoms with E-state index in [1.807, 2.05) is 32.9 Å². The number of hydrogen-bond acceptors (Lipinski definition) is 3. The molecular formula is C13H17N3O. The van der Waals surface area contributed by atoms with Gasteiger partial charge in [-0.2, -0.15) is 5.26 Å². The molecule has 0 heterocycles. The molecule has 0 saturated heterocycles. The summed E-state index contributed by atoms with van der Waals surface area (Å²) in [4.78, 5) is 11.5. The maximum absolute atomic E-state index is 11.5. The first kappa shape index (κ1) is 13.0. The Morgan fingerprint density at radius 1 is 1.47 bits per heavy atom. The van der Waals surface area contributed by atoms with Crippen molar-refractivity contribution in [1.29, 1.82) is 5.26 Å². The summed E-state index contributed by atoms with van der Waals surface area (Å²) >= 11 is 0. The van der Waals surface area contributed by atoms with Crippen LogP contribution in [0.15, 0.2) is 18.2 Å². The second-order valence-electron chi connectivity index (χ2n) is 4.19. The van der Waals surface area contributed by atoms with E-state index in [1.54, 1.807) is 6.07 Å². The van der Waals surface area contributed by atoms with Gasteiger partial charge in [0.25, 0.3) is 0 Å². The van der Waals surface area contributed by atoms with Crippen LogP contribution < -0.4 is 10.6 Å². The fourth-order valence-electron chi connectivity index (χ4n) is 1.54. The molecule has 0 aliphatic rings. The smallest absolute Gasteiger partial charge is 0.239 e. The largest absolute Gasteiger partial charge is 0.375 e. The molecule has 4 heteroatoms. The summed E-state index contributed by atoms with van der Waals surface area (Å²) in [5.74, 6) is -0.0767. The molecule has 0 radical (unpaired) electrons. The van der Waals surface area contributed by atoms with Gasteiger partial charge in [-0.05, 0) is 32.4 Å². The molecule has 0 fully saturated rings.